The van der Waals surface area contributed by atoms with Crippen LogP contribution in [-0.4, -0.2) is 29.0 Å². The number of hydrogen-bond acceptors (Lipinski definition) is 1. The lowest BCUT2D eigenvalue weighted by atomic mass is 9.69. The highest BCUT2D eigenvalue weighted by molar-refractivity contribution is 8.32. The van der Waals surface area contributed by atoms with Crippen molar-refractivity contribution in [2.75, 3.05) is 24.0 Å². The van der Waals surface area contributed by atoms with Crippen LogP contribution in [0.15, 0.2) is 42.6 Å². The molecule has 0 atom stereocenters. The number of aromatic nitrogens is 1. The van der Waals surface area contributed by atoms with Gasteiger partial charge >= 0.3 is 0 Å². The molecular formula is C28H41NS. The Hall–Kier alpha value is -1.28. The van der Waals surface area contributed by atoms with E-state index < -0.39 is 0 Å². The smallest absolute Gasteiger partial charge is 0.0702 e. The molecule has 2 aliphatic rings. The van der Waals surface area contributed by atoms with E-state index in [9.17, 15) is 0 Å². The predicted octanol–water partition coefficient (Wildman–Crippen LogP) is 7.79. The van der Waals surface area contributed by atoms with Crippen LogP contribution in [0.3, 0.4) is 0 Å². The molecule has 1 saturated carbocycles. The molecule has 1 aliphatic carbocycles. The Labute approximate surface area is 186 Å². The number of pyridine rings is 1. The third-order valence-corrected chi connectivity index (χ3v) is 11.0. The first kappa shape index (κ1) is 21.9. The predicted molar refractivity (Wildman–Crippen MR) is 135 cm³/mol. The van der Waals surface area contributed by atoms with Gasteiger partial charge in [0, 0.05) is 11.8 Å². The van der Waals surface area contributed by atoms with Gasteiger partial charge in [-0.15, -0.1) is 0 Å². The summed E-state index contributed by atoms with van der Waals surface area (Å²) in [6.45, 7) is 12.2. The van der Waals surface area contributed by atoms with Crippen LogP contribution in [0, 0.1) is 10.8 Å². The van der Waals surface area contributed by atoms with Crippen molar-refractivity contribution in [1.82, 2.24) is 4.98 Å². The summed E-state index contributed by atoms with van der Waals surface area (Å²) in [7, 11) is -0.351. The minimum Gasteiger partial charge on any atom is -0.256 e. The molecule has 0 radical (unpaired) electrons. The number of hydrogen-bond donors (Lipinski definition) is 0. The average molecular weight is 424 g/mol. The van der Waals surface area contributed by atoms with E-state index in [2.05, 4.69) is 89.7 Å². The Bertz CT molecular complexity index is 863. The van der Waals surface area contributed by atoms with Crippen molar-refractivity contribution in [2.45, 2.75) is 71.6 Å². The standard InChI is InChI=1S/C28H41NS/c1-26(2)14-15-27(3,4)25(26)22-10-13-24(29-20-22)21-8-11-23(12-9-21)28(5)16-18-30(6,7)19-17-28/h8-13,20,25H,14-19H2,1-7H3. The number of nitrogens with zero attached hydrogens (tertiary/aromatic N) is 1. The van der Waals surface area contributed by atoms with Gasteiger partial charge in [0.05, 0.1) is 5.69 Å². The fourth-order valence-corrected chi connectivity index (χ4v) is 8.41. The van der Waals surface area contributed by atoms with Crippen LogP contribution in [0.1, 0.15) is 77.3 Å². The third-order valence-electron chi connectivity index (χ3n) is 8.39. The monoisotopic (exact) mass is 423 g/mol. The van der Waals surface area contributed by atoms with Crippen LogP contribution in [0.25, 0.3) is 11.3 Å². The molecule has 2 heterocycles. The zero-order valence-corrected chi connectivity index (χ0v) is 21.0. The molecule has 4 rings (SSSR count). The lowest BCUT2D eigenvalue weighted by Crippen LogP contribution is -2.32. The van der Waals surface area contributed by atoms with Gasteiger partial charge in [-0.05, 0) is 89.1 Å². The van der Waals surface area contributed by atoms with Gasteiger partial charge < -0.3 is 0 Å². The van der Waals surface area contributed by atoms with E-state index in [1.165, 1.54) is 53.9 Å². The molecule has 164 valence electrons. The minimum absolute atomic E-state index is 0.345. The number of benzene rings is 1. The summed E-state index contributed by atoms with van der Waals surface area (Å²) in [4.78, 5) is 4.91. The number of rotatable bonds is 3. The van der Waals surface area contributed by atoms with Crippen LogP contribution < -0.4 is 0 Å². The Morgan fingerprint density at radius 2 is 1.33 bits per heavy atom. The summed E-state index contributed by atoms with van der Waals surface area (Å²) in [5.41, 5.74) is 6.28. The summed E-state index contributed by atoms with van der Waals surface area (Å²) in [6, 6.07) is 13.9. The van der Waals surface area contributed by atoms with Gasteiger partial charge in [0.25, 0.3) is 0 Å². The fourth-order valence-electron chi connectivity index (χ4n) is 6.20. The normalized spacial score (nSPS) is 25.7. The lowest BCUT2D eigenvalue weighted by Gasteiger charge is -2.45. The van der Waals surface area contributed by atoms with Crippen LogP contribution in [0.5, 0.6) is 0 Å². The van der Waals surface area contributed by atoms with Crippen LogP contribution in [-0.2, 0) is 5.41 Å². The summed E-state index contributed by atoms with van der Waals surface area (Å²) >= 11 is 0. The van der Waals surface area contributed by atoms with E-state index in [-0.39, 0.29) is 10.0 Å². The molecule has 0 unspecified atom stereocenters. The second-order valence-electron chi connectivity index (χ2n) is 12.2. The van der Waals surface area contributed by atoms with Crippen molar-refractivity contribution in [3.05, 3.63) is 53.7 Å². The van der Waals surface area contributed by atoms with Gasteiger partial charge in [-0.3, -0.25) is 4.98 Å². The van der Waals surface area contributed by atoms with Gasteiger partial charge in [0.2, 0.25) is 0 Å². The first-order valence-electron chi connectivity index (χ1n) is 11.7. The Morgan fingerprint density at radius 3 is 1.83 bits per heavy atom. The van der Waals surface area contributed by atoms with Crippen molar-refractivity contribution in [2.24, 2.45) is 10.8 Å². The van der Waals surface area contributed by atoms with Crippen molar-refractivity contribution in [3.8, 4) is 11.3 Å². The van der Waals surface area contributed by atoms with Crippen molar-refractivity contribution >= 4 is 10.0 Å². The second kappa shape index (κ2) is 7.40. The highest BCUT2D eigenvalue weighted by Gasteiger charge is 2.47. The van der Waals surface area contributed by atoms with Gasteiger partial charge in [-0.1, -0.05) is 65.0 Å². The summed E-state index contributed by atoms with van der Waals surface area (Å²) in [5.74, 6) is 3.39. The molecule has 0 spiro atoms. The molecule has 1 aliphatic heterocycles. The molecule has 2 aromatic rings. The fraction of sp³-hybridized carbons (Fsp3) is 0.607. The summed E-state index contributed by atoms with van der Waals surface area (Å²) in [6.07, 6.45) is 12.4. The molecule has 2 fully saturated rings. The highest BCUT2D eigenvalue weighted by Crippen LogP contribution is 2.58. The van der Waals surface area contributed by atoms with Crippen molar-refractivity contribution < 1.29 is 0 Å². The first-order chi connectivity index (χ1) is 13.9. The highest BCUT2D eigenvalue weighted by atomic mass is 32.3. The van der Waals surface area contributed by atoms with E-state index in [4.69, 9.17) is 4.98 Å². The molecule has 0 N–H and O–H groups in total. The molecule has 1 saturated heterocycles. The Balaban J connectivity index is 1.53. The molecule has 2 heteroatoms. The zero-order valence-electron chi connectivity index (χ0n) is 20.2. The van der Waals surface area contributed by atoms with Gasteiger partial charge in [0.1, 0.15) is 0 Å². The third kappa shape index (κ3) is 4.09. The maximum absolute atomic E-state index is 4.91. The molecule has 1 aromatic heterocycles. The van der Waals surface area contributed by atoms with Crippen LogP contribution in [0.2, 0.25) is 0 Å². The average Bonchev–Trinajstić information content (AvgIpc) is 2.92. The maximum Gasteiger partial charge on any atom is 0.0702 e. The molecule has 1 nitrogen and oxygen atoms in total. The molecule has 0 bridgehead atoms. The largest absolute Gasteiger partial charge is 0.256 e. The molecule has 0 amide bonds. The van der Waals surface area contributed by atoms with Crippen molar-refractivity contribution in [3.63, 3.8) is 0 Å². The molecule has 1 aromatic carbocycles. The topological polar surface area (TPSA) is 12.9 Å². The zero-order chi connectivity index (χ0) is 21.8. The van der Waals surface area contributed by atoms with Crippen LogP contribution >= 0.6 is 10.0 Å². The van der Waals surface area contributed by atoms with E-state index in [0.29, 0.717) is 22.2 Å². The Morgan fingerprint density at radius 1 is 0.767 bits per heavy atom. The SMILES string of the molecule is CC1(c2ccc(-c3ccc(C4C(C)(C)CCC4(C)C)cn3)cc2)CCS(C)(C)CC1. The maximum atomic E-state index is 4.91. The van der Waals surface area contributed by atoms with E-state index in [1.807, 2.05) is 0 Å². The van der Waals surface area contributed by atoms with E-state index >= 15 is 0 Å². The summed E-state index contributed by atoms with van der Waals surface area (Å²) < 4.78 is 0. The van der Waals surface area contributed by atoms with Gasteiger partial charge in [-0.2, -0.15) is 0 Å². The van der Waals surface area contributed by atoms with Gasteiger partial charge in [0.15, 0.2) is 0 Å². The minimum atomic E-state index is -0.351. The molecule has 30 heavy (non-hydrogen) atoms. The lowest BCUT2D eigenvalue weighted by molar-refractivity contribution is 0.239. The van der Waals surface area contributed by atoms with Gasteiger partial charge in [-0.25, -0.2) is 10.0 Å². The quantitative estimate of drug-likeness (QED) is 0.491. The molecular weight excluding hydrogens is 382 g/mol. The summed E-state index contributed by atoms with van der Waals surface area (Å²) in [5, 5.41) is 0. The van der Waals surface area contributed by atoms with E-state index in [0.717, 1.165) is 5.69 Å². The van der Waals surface area contributed by atoms with Crippen molar-refractivity contribution in [1.29, 1.82) is 0 Å². The van der Waals surface area contributed by atoms with Crippen LogP contribution in [0.4, 0.5) is 0 Å². The Kier molecular flexibility index (Phi) is 5.41. The second-order valence-corrected chi connectivity index (χ2v) is 16.6. The first-order valence-corrected chi connectivity index (χ1v) is 14.5. The van der Waals surface area contributed by atoms with E-state index in [1.54, 1.807) is 0 Å².